The Hall–Kier alpha value is -1.68. The molecule has 0 unspecified atom stereocenters. The number of amides is 1. The van der Waals surface area contributed by atoms with Gasteiger partial charge < -0.3 is 0 Å². The van der Waals surface area contributed by atoms with Crippen LogP contribution in [0.15, 0.2) is 41.9 Å². The van der Waals surface area contributed by atoms with Gasteiger partial charge in [0.25, 0.3) is 5.91 Å². The number of carbonyl (C=O) groups excluding carboxylic acids is 1. The van der Waals surface area contributed by atoms with Gasteiger partial charge >= 0.3 is 0 Å². The molecule has 2 rings (SSSR count). The Morgan fingerprint density at radius 3 is 2.67 bits per heavy atom. The summed E-state index contributed by atoms with van der Waals surface area (Å²) in [6.45, 7) is 0. The predicted octanol–water partition coefficient (Wildman–Crippen LogP) is 2.42. The average Bonchev–Trinajstić information content (AvgIpc) is 2.82. The Balaban J connectivity index is 2.23. The second kappa shape index (κ2) is 4.23. The first-order chi connectivity index (χ1) is 7.29. The minimum Gasteiger partial charge on any atom is -0.287 e. The zero-order valence-electron chi connectivity index (χ0n) is 8.25. The molecule has 1 heterocycles. The minimum absolute atomic E-state index is 0.0365. The van der Waals surface area contributed by atoms with Gasteiger partial charge in [0.2, 0.25) is 0 Å². The Morgan fingerprint density at radius 2 is 2.07 bits per heavy atom. The molecular weight excluding hydrogens is 208 g/mol. The number of thiazole rings is 1. The standard InChI is InChI=1S/C11H10N2OS/c1-13(11-12-7-8-15-11)10(14)9-5-3-2-4-6-9/h2-8H,1H3. The Labute approximate surface area is 92.0 Å². The first kappa shape index (κ1) is 9.86. The maximum absolute atomic E-state index is 11.9. The third-order valence-electron chi connectivity index (χ3n) is 2.03. The van der Waals surface area contributed by atoms with E-state index in [4.69, 9.17) is 0 Å². The van der Waals surface area contributed by atoms with Crippen LogP contribution >= 0.6 is 11.3 Å². The molecule has 0 N–H and O–H groups in total. The summed E-state index contributed by atoms with van der Waals surface area (Å²) in [4.78, 5) is 17.6. The number of rotatable bonds is 2. The number of carbonyl (C=O) groups is 1. The van der Waals surface area contributed by atoms with Gasteiger partial charge in [-0.05, 0) is 12.1 Å². The van der Waals surface area contributed by atoms with Gasteiger partial charge in [0.15, 0.2) is 5.13 Å². The van der Waals surface area contributed by atoms with Crippen LogP contribution in [0.1, 0.15) is 10.4 Å². The first-order valence-electron chi connectivity index (χ1n) is 4.51. The summed E-state index contributed by atoms with van der Waals surface area (Å²) >= 11 is 1.45. The van der Waals surface area contributed by atoms with Gasteiger partial charge in [-0.1, -0.05) is 18.2 Å². The number of hydrogen-bond acceptors (Lipinski definition) is 3. The molecule has 2 aromatic rings. The normalized spacial score (nSPS) is 9.93. The van der Waals surface area contributed by atoms with Crippen molar-refractivity contribution in [3.05, 3.63) is 47.5 Å². The summed E-state index contributed by atoms with van der Waals surface area (Å²) in [6.07, 6.45) is 1.69. The van der Waals surface area contributed by atoms with E-state index < -0.39 is 0 Å². The molecular formula is C11H10N2OS. The van der Waals surface area contributed by atoms with E-state index in [-0.39, 0.29) is 5.91 Å². The van der Waals surface area contributed by atoms with Crippen LogP contribution in [0.4, 0.5) is 5.13 Å². The van der Waals surface area contributed by atoms with Crippen molar-refractivity contribution in [2.45, 2.75) is 0 Å². The molecule has 4 heteroatoms. The van der Waals surface area contributed by atoms with Gasteiger partial charge in [-0.25, -0.2) is 4.98 Å². The molecule has 1 aromatic heterocycles. The average molecular weight is 218 g/mol. The number of nitrogens with zero attached hydrogens (tertiary/aromatic N) is 2. The molecule has 0 aliphatic carbocycles. The third-order valence-corrected chi connectivity index (χ3v) is 2.88. The van der Waals surface area contributed by atoms with E-state index in [1.54, 1.807) is 30.3 Å². The molecule has 15 heavy (non-hydrogen) atoms. The Kier molecular flexibility index (Phi) is 2.78. The molecule has 76 valence electrons. The van der Waals surface area contributed by atoms with Crippen LogP contribution in [0.3, 0.4) is 0 Å². The van der Waals surface area contributed by atoms with E-state index in [2.05, 4.69) is 4.98 Å². The van der Waals surface area contributed by atoms with Crippen LogP contribution in [-0.2, 0) is 0 Å². The summed E-state index contributed by atoms with van der Waals surface area (Å²) < 4.78 is 0. The fourth-order valence-electron chi connectivity index (χ4n) is 1.24. The van der Waals surface area contributed by atoms with Crippen molar-refractivity contribution < 1.29 is 4.79 Å². The van der Waals surface area contributed by atoms with Crippen LogP contribution in [0.2, 0.25) is 0 Å². The van der Waals surface area contributed by atoms with Gasteiger partial charge in [-0.15, -0.1) is 11.3 Å². The maximum atomic E-state index is 11.9. The summed E-state index contributed by atoms with van der Waals surface area (Å²) in [6, 6.07) is 9.19. The Bertz CT molecular complexity index is 439. The molecule has 0 spiro atoms. The highest BCUT2D eigenvalue weighted by molar-refractivity contribution is 7.13. The molecule has 0 radical (unpaired) electrons. The lowest BCUT2D eigenvalue weighted by Gasteiger charge is -2.13. The van der Waals surface area contributed by atoms with Crippen LogP contribution in [-0.4, -0.2) is 17.9 Å². The quantitative estimate of drug-likeness (QED) is 0.775. The highest BCUT2D eigenvalue weighted by Gasteiger charge is 2.14. The molecule has 1 aromatic carbocycles. The molecule has 1 amide bonds. The zero-order chi connectivity index (χ0) is 10.7. The monoisotopic (exact) mass is 218 g/mol. The fraction of sp³-hybridized carbons (Fsp3) is 0.0909. The summed E-state index contributed by atoms with van der Waals surface area (Å²) in [5.74, 6) is -0.0365. The Morgan fingerprint density at radius 1 is 1.33 bits per heavy atom. The molecule has 0 fully saturated rings. The molecule has 0 saturated heterocycles. The molecule has 3 nitrogen and oxygen atoms in total. The van der Waals surface area contributed by atoms with E-state index in [0.29, 0.717) is 10.7 Å². The van der Waals surface area contributed by atoms with Crippen molar-refractivity contribution in [2.75, 3.05) is 11.9 Å². The van der Waals surface area contributed by atoms with Crippen molar-refractivity contribution in [3.63, 3.8) is 0 Å². The van der Waals surface area contributed by atoms with Gasteiger partial charge in [0.1, 0.15) is 0 Å². The lowest BCUT2D eigenvalue weighted by Crippen LogP contribution is -2.25. The van der Waals surface area contributed by atoms with Crippen molar-refractivity contribution in [1.82, 2.24) is 4.98 Å². The van der Waals surface area contributed by atoms with Crippen LogP contribution in [0.5, 0.6) is 0 Å². The summed E-state index contributed by atoms with van der Waals surface area (Å²) in [7, 11) is 1.73. The second-order valence-electron chi connectivity index (χ2n) is 3.04. The molecule has 0 aliphatic rings. The fourth-order valence-corrected chi connectivity index (χ4v) is 1.85. The highest BCUT2D eigenvalue weighted by Crippen LogP contribution is 2.17. The summed E-state index contributed by atoms with van der Waals surface area (Å²) in [5, 5.41) is 2.56. The zero-order valence-corrected chi connectivity index (χ0v) is 9.07. The van der Waals surface area contributed by atoms with E-state index >= 15 is 0 Å². The molecule has 0 atom stereocenters. The van der Waals surface area contributed by atoms with Gasteiger partial charge in [-0.2, -0.15) is 0 Å². The van der Waals surface area contributed by atoms with Crippen molar-refractivity contribution >= 4 is 22.4 Å². The van der Waals surface area contributed by atoms with E-state index in [0.717, 1.165) is 0 Å². The van der Waals surface area contributed by atoms with Gasteiger partial charge in [0, 0.05) is 24.2 Å². The van der Waals surface area contributed by atoms with Gasteiger partial charge in [0.05, 0.1) is 0 Å². The van der Waals surface area contributed by atoms with Gasteiger partial charge in [-0.3, -0.25) is 9.69 Å². The van der Waals surface area contributed by atoms with Crippen LogP contribution in [0.25, 0.3) is 0 Å². The number of anilines is 1. The van der Waals surface area contributed by atoms with Crippen LogP contribution in [0, 0.1) is 0 Å². The number of aromatic nitrogens is 1. The van der Waals surface area contributed by atoms with Crippen molar-refractivity contribution in [3.8, 4) is 0 Å². The summed E-state index contributed by atoms with van der Waals surface area (Å²) in [5.41, 5.74) is 0.676. The van der Waals surface area contributed by atoms with E-state index in [1.807, 2.05) is 23.6 Å². The number of benzene rings is 1. The molecule has 0 aliphatic heterocycles. The predicted molar refractivity (Wildman–Crippen MR) is 61.3 cm³/mol. The van der Waals surface area contributed by atoms with E-state index in [1.165, 1.54) is 11.3 Å². The maximum Gasteiger partial charge on any atom is 0.259 e. The van der Waals surface area contributed by atoms with E-state index in [9.17, 15) is 4.79 Å². The third kappa shape index (κ3) is 2.05. The smallest absolute Gasteiger partial charge is 0.259 e. The number of hydrogen-bond donors (Lipinski definition) is 0. The SMILES string of the molecule is CN(C(=O)c1ccccc1)c1nccs1. The molecule has 0 bridgehead atoms. The first-order valence-corrected chi connectivity index (χ1v) is 5.39. The second-order valence-corrected chi connectivity index (χ2v) is 3.92. The van der Waals surface area contributed by atoms with Crippen molar-refractivity contribution in [1.29, 1.82) is 0 Å². The lowest BCUT2D eigenvalue weighted by atomic mass is 10.2. The minimum atomic E-state index is -0.0365. The molecule has 0 saturated carbocycles. The lowest BCUT2D eigenvalue weighted by molar-refractivity contribution is 0.0993. The largest absolute Gasteiger partial charge is 0.287 e. The van der Waals surface area contributed by atoms with Crippen LogP contribution < -0.4 is 4.90 Å². The highest BCUT2D eigenvalue weighted by atomic mass is 32.1. The van der Waals surface area contributed by atoms with Crippen molar-refractivity contribution in [2.24, 2.45) is 0 Å². The topological polar surface area (TPSA) is 33.2 Å².